The Bertz CT molecular complexity index is 575. The average Bonchev–Trinajstić information content (AvgIpc) is 2.76. The Hall–Kier alpha value is -1.65. The molecule has 1 amide bonds. The zero-order chi connectivity index (χ0) is 17.5. The highest BCUT2D eigenvalue weighted by atomic mass is 127. The molecule has 0 saturated carbocycles. The van der Waals surface area contributed by atoms with Crippen LogP contribution in [0.25, 0.3) is 0 Å². The first kappa shape index (κ1) is 22.4. The minimum atomic E-state index is -0.263. The van der Waals surface area contributed by atoms with Gasteiger partial charge in [0.05, 0.1) is 6.54 Å². The van der Waals surface area contributed by atoms with Gasteiger partial charge in [-0.25, -0.2) is 4.99 Å². The van der Waals surface area contributed by atoms with Crippen molar-refractivity contribution in [3.05, 3.63) is 24.3 Å². The lowest BCUT2D eigenvalue weighted by Crippen LogP contribution is -2.48. The summed E-state index contributed by atoms with van der Waals surface area (Å²) in [6, 6.07) is 0. The Morgan fingerprint density at radius 1 is 1.33 bits per heavy atom. The van der Waals surface area contributed by atoms with Crippen LogP contribution in [0.3, 0.4) is 0 Å². The van der Waals surface area contributed by atoms with E-state index in [9.17, 15) is 4.79 Å². The number of aryl methyl sites for hydroxylation is 1. The van der Waals surface area contributed by atoms with E-state index in [0.29, 0.717) is 19.0 Å². The van der Waals surface area contributed by atoms with Gasteiger partial charge in [0.15, 0.2) is 11.8 Å². The van der Waals surface area contributed by atoms with Crippen molar-refractivity contribution in [1.82, 2.24) is 30.7 Å². The van der Waals surface area contributed by atoms with Gasteiger partial charge >= 0.3 is 0 Å². The molecule has 0 aliphatic carbocycles. The fourth-order valence-electron chi connectivity index (χ4n) is 1.71. The maximum absolute atomic E-state index is 11.9. The zero-order valence-corrected chi connectivity index (χ0v) is 17.3. The number of carbonyl (C=O) groups is 1. The van der Waals surface area contributed by atoms with E-state index in [2.05, 4.69) is 37.7 Å². The van der Waals surface area contributed by atoms with Crippen LogP contribution in [0.5, 0.6) is 0 Å². The molecule has 0 atom stereocenters. The van der Waals surface area contributed by atoms with Crippen LogP contribution in [0.2, 0.25) is 0 Å². The minimum Gasteiger partial charge on any atom is -0.353 e. The van der Waals surface area contributed by atoms with Gasteiger partial charge in [-0.2, -0.15) is 0 Å². The number of nitrogens with zero attached hydrogens (tertiary/aromatic N) is 4. The van der Waals surface area contributed by atoms with Gasteiger partial charge in [0.2, 0.25) is 5.91 Å². The van der Waals surface area contributed by atoms with Crippen molar-refractivity contribution in [2.75, 3.05) is 13.1 Å². The van der Waals surface area contributed by atoms with E-state index in [-0.39, 0.29) is 42.0 Å². The molecule has 9 heteroatoms. The highest BCUT2D eigenvalue weighted by Gasteiger charge is 2.13. The maximum atomic E-state index is 11.9. The van der Waals surface area contributed by atoms with Crippen LogP contribution in [0.1, 0.15) is 32.4 Å². The Kier molecular flexibility index (Phi) is 9.56. The van der Waals surface area contributed by atoms with Gasteiger partial charge in [0.1, 0.15) is 12.4 Å². The molecule has 0 radical (unpaired) electrons. The first-order valence-electron chi connectivity index (χ1n) is 7.52. The third-order valence-electron chi connectivity index (χ3n) is 2.91. The summed E-state index contributed by atoms with van der Waals surface area (Å²) in [5.74, 6) is 2.00. The lowest BCUT2D eigenvalue weighted by molar-refractivity contribution is -0.121. The van der Waals surface area contributed by atoms with Crippen molar-refractivity contribution in [3.63, 3.8) is 0 Å². The molecule has 0 aliphatic heterocycles. The van der Waals surface area contributed by atoms with Gasteiger partial charge < -0.3 is 20.5 Å². The van der Waals surface area contributed by atoms with Gasteiger partial charge in [-0.3, -0.25) is 4.79 Å². The third-order valence-corrected chi connectivity index (χ3v) is 2.91. The SMILES string of the molecule is C=CCNC(=NCc1nnc(C)n1C)NCC(=O)NC(C)(C)C.I. The molecule has 0 bridgehead atoms. The van der Waals surface area contributed by atoms with Crippen LogP contribution >= 0.6 is 24.0 Å². The maximum Gasteiger partial charge on any atom is 0.239 e. The summed E-state index contributed by atoms with van der Waals surface area (Å²) in [5, 5.41) is 17.0. The Balaban J connectivity index is 0.00000529. The van der Waals surface area contributed by atoms with E-state index < -0.39 is 0 Å². The van der Waals surface area contributed by atoms with E-state index in [1.165, 1.54) is 0 Å². The van der Waals surface area contributed by atoms with Crippen molar-refractivity contribution in [2.24, 2.45) is 12.0 Å². The van der Waals surface area contributed by atoms with Crippen LogP contribution in [-0.2, 0) is 18.4 Å². The van der Waals surface area contributed by atoms with Gasteiger partial charge in [-0.05, 0) is 27.7 Å². The number of rotatable bonds is 6. The van der Waals surface area contributed by atoms with Crippen molar-refractivity contribution in [3.8, 4) is 0 Å². The Morgan fingerprint density at radius 3 is 2.50 bits per heavy atom. The molecule has 0 aromatic carbocycles. The van der Waals surface area contributed by atoms with Crippen LogP contribution in [0.15, 0.2) is 17.6 Å². The van der Waals surface area contributed by atoms with Crippen LogP contribution in [-0.4, -0.2) is 45.3 Å². The second-order valence-corrected chi connectivity index (χ2v) is 6.21. The molecule has 1 rings (SSSR count). The quantitative estimate of drug-likeness (QED) is 0.259. The fourth-order valence-corrected chi connectivity index (χ4v) is 1.71. The zero-order valence-electron chi connectivity index (χ0n) is 15.0. The molecule has 0 fully saturated rings. The number of aromatic nitrogens is 3. The number of halogens is 1. The topological polar surface area (TPSA) is 96.2 Å². The van der Waals surface area contributed by atoms with Crippen LogP contribution in [0.4, 0.5) is 0 Å². The van der Waals surface area contributed by atoms with Crippen molar-refractivity contribution >= 4 is 35.8 Å². The number of nitrogens with one attached hydrogen (secondary N) is 3. The number of guanidine groups is 1. The standard InChI is InChI=1S/C15H27N7O.HI/c1-7-8-16-14(18-10-13(23)19-15(3,4)5)17-9-12-21-20-11(2)22(12)6;/h7H,1,8-10H2,2-6H3,(H,19,23)(H2,16,17,18);1H. The summed E-state index contributed by atoms with van der Waals surface area (Å²) < 4.78 is 1.88. The van der Waals surface area contributed by atoms with E-state index in [0.717, 1.165) is 11.6 Å². The number of carbonyl (C=O) groups excluding carboxylic acids is 1. The molecule has 24 heavy (non-hydrogen) atoms. The van der Waals surface area contributed by atoms with E-state index in [1.54, 1.807) is 6.08 Å². The first-order chi connectivity index (χ1) is 10.7. The largest absolute Gasteiger partial charge is 0.353 e. The lowest BCUT2D eigenvalue weighted by Gasteiger charge is -2.21. The first-order valence-corrected chi connectivity index (χ1v) is 7.52. The Morgan fingerprint density at radius 2 is 2.00 bits per heavy atom. The molecule has 1 aromatic rings. The second-order valence-electron chi connectivity index (χ2n) is 6.21. The number of aliphatic imine (C=N–C) groups is 1. The minimum absolute atomic E-state index is 0. The summed E-state index contributed by atoms with van der Waals surface area (Å²) in [4.78, 5) is 16.3. The van der Waals surface area contributed by atoms with E-state index in [1.807, 2.05) is 39.3 Å². The Labute approximate surface area is 160 Å². The smallest absolute Gasteiger partial charge is 0.239 e. The number of amides is 1. The number of hydrogen-bond donors (Lipinski definition) is 3. The highest BCUT2D eigenvalue weighted by molar-refractivity contribution is 14.0. The monoisotopic (exact) mass is 449 g/mol. The van der Waals surface area contributed by atoms with Crippen LogP contribution < -0.4 is 16.0 Å². The summed E-state index contributed by atoms with van der Waals surface area (Å²) in [7, 11) is 1.89. The van der Waals surface area contributed by atoms with Gasteiger partial charge in [0, 0.05) is 19.1 Å². The molecule has 1 aromatic heterocycles. The van der Waals surface area contributed by atoms with Gasteiger partial charge in [0.25, 0.3) is 0 Å². The predicted molar refractivity (Wildman–Crippen MR) is 106 cm³/mol. The lowest BCUT2D eigenvalue weighted by atomic mass is 10.1. The average molecular weight is 449 g/mol. The summed E-state index contributed by atoms with van der Waals surface area (Å²) in [6.07, 6.45) is 1.72. The van der Waals surface area contributed by atoms with Crippen LogP contribution in [0, 0.1) is 6.92 Å². The molecule has 0 unspecified atom stereocenters. The van der Waals surface area contributed by atoms with Gasteiger partial charge in [-0.1, -0.05) is 6.08 Å². The van der Waals surface area contributed by atoms with Crippen molar-refractivity contribution in [2.45, 2.75) is 39.8 Å². The third kappa shape index (κ3) is 8.27. The molecule has 0 aliphatic rings. The molecule has 3 N–H and O–H groups in total. The van der Waals surface area contributed by atoms with Crippen molar-refractivity contribution < 1.29 is 4.79 Å². The molecule has 8 nitrogen and oxygen atoms in total. The second kappa shape index (κ2) is 10.3. The van der Waals surface area contributed by atoms with E-state index in [4.69, 9.17) is 0 Å². The van der Waals surface area contributed by atoms with Gasteiger partial charge in [-0.15, -0.1) is 40.8 Å². The highest BCUT2D eigenvalue weighted by Crippen LogP contribution is 1.99. The molecule has 1 heterocycles. The summed E-state index contributed by atoms with van der Waals surface area (Å²) in [5.41, 5.74) is -0.263. The molecular weight excluding hydrogens is 421 g/mol. The number of hydrogen-bond acceptors (Lipinski definition) is 4. The molecule has 136 valence electrons. The normalized spacial score (nSPS) is 11.5. The predicted octanol–water partition coefficient (Wildman–Crippen LogP) is 0.877. The molecule has 0 saturated heterocycles. The fraction of sp³-hybridized carbons (Fsp3) is 0.600. The molecular formula is C15H28IN7O. The summed E-state index contributed by atoms with van der Waals surface area (Å²) in [6.45, 7) is 12.4. The molecule has 0 spiro atoms. The van der Waals surface area contributed by atoms with Crippen molar-refractivity contribution in [1.29, 1.82) is 0 Å². The summed E-state index contributed by atoms with van der Waals surface area (Å²) >= 11 is 0. The van der Waals surface area contributed by atoms with E-state index >= 15 is 0 Å².